The van der Waals surface area contributed by atoms with Crippen LogP contribution in [0.15, 0.2) is 41.3 Å². The molecule has 0 spiro atoms. The van der Waals surface area contributed by atoms with Gasteiger partial charge in [0.15, 0.2) is 11.5 Å². The molecule has 6 heteroatoms. The number of nitrogens with zero attached hydrogens (tertiary/aromatic N) is 1. The number of aryl methyl sites for hydroxylation is 1. The minimum absolute atomic E-state index is 0.151. The van der Waals surface area contributed by atoms with Crippen LogP contribution in [0, 0.1) is 0 Å². The number of hydrogen-bond acceptors (Lipinski definition) is 4. The van der Waals surface area contributed by atoms with Crippen molar-refractivity contribution < 1.29 is 14.3 Å². The summed E-state index contributed by atoms with van der Waals surface area (Å²) in [6.07, 6.45) is 1.52. The van der Waals surface area contributed by atoms with Crippen LogP contribution >= 0.6 is 0 Å². The molecular formula is C17H18N2O4. The number of amides is 1. The molecule has 1 N–H and O–H groups in total. The molecule has 0 radical (unpaired) electrons. The fourth-order valence-electron chi connectivity index (χ4n) is 2.42. The largest absolute Gasteiger partial charge is 0.486 e. The van der Waals surface area contributed by atoms with E-state index in [1.807, 2.05) is 25.1 Å². The van der Waals surface area contributed by atoms with Crippen molar-refractivity contribution in [3.8, 4) is 11.5 Å². The molecule has 1 amide bonds. The van der Waals surface area contributed by atoms with Gasteiger partial charge in [0.2, 0.25) is 5.56 Å². The molecule has 0 saturated carbocycles. The smallest absolute Gasteiger partial charge is 0.253 e. The summed E-state index contributed by atoms with van der Waals surface area (Å²) in [7, 11) is 1.61. The van der Waals surface area contributed by atoms with Gasteiger partial charge in [0.1, 0.15) is 13.2 Å². The lowest BCUT2D eigenvalue weighted by Gasteiger charge is -2.21. The molecule has 3 rings (SSSR count). The maximum Gasteiger partial charge on any atom is 0.253 e. The number of pyridine rings is 1. The molecule has 2 heterocycles. The zero-order valence-electron chi connectivity index (χ0n) is 13.0. The Balaban J connectivity index is 1.75. The van der Waals surface area contributed by atoms with E-state index in [0.29, 0.717) is 24.5 Å². The number of carbonyl (C=O) groups excluding carboxylic acids is 1. The fourth-order valence-corrected chi connectivity index (χ4v) is 2.42. The molecule has 0 fully saturated rings. The monoisotopic (exact) mass is 314 g/mol. The van der Waals surface area contributed by atoms with E-state index in [0.717, 1.165) is 11.3 Å². The van der Waals surface area contributed by atoms with Crippen LogP contribution in [-0.4, -0.2) is 23.7 Å². The summed E-state index contributed by atoms with van der Waals surface area (Å²) in [5.41, 5.74) is 1.21. The van der Waals surface area contributed by atoms with E-state index in [-0.39, 0.29) is 17.5 Å². The number of aromatic nitrogens is 1. The molecule has 0 unspecified atom stereocenters. The van der Waals surface area contributed by atoms with Crippen molar-refractivity contribution in [3.05, 3.63) is 58.0 Å². The number of hydrogen-bond donors (Lipinski definition) is 1. The molecule has 1 aromatic carbocycles. The lowest BCUT2D eigenvalue weighted by Crippen LogP contribution is -2.28. The second-order valence-electron chi connectivity index (χ2n) is 5.47. The Labute approximate surface area is 133 Å². The third-order valence-corrected chi connectivity index (χ3v) is 3.76. The summed E-state index contributed by atoms with van der Waals surface area (Å²) >= 11 is 0. The van der Waals surface area contributed by atoms with E-state index in [4.69, 9.17) is 9.47 Å². The zero-order chi connectivity index (χ0) is 16.4. The first-order valence-corrected chi connectivity index (χ1v) is 7.41. The first-order valence-electron chi connectivity index (χ1n) is 7.41. The molecule has 1 aliphatic rings. The molecule has 0 aliphatic carbocycles. The SMILES string of the molecule is C[C@@H](NC(=O)c1ccc(=O)n(C)c1)c1ccc2c(c1)OCCO2. The van der Waals surface area contributed by atoms with E-state index in [2.05, 4.69) is 5.32 Å². The first-order chi connectivity index (χ1) is 11.0. The Morgan fingerprint density at radius 3 is 2.65 bits per heavy atom. The summed E-state index contributed by atoms with van der Waals surface area (Å²) in [5, 5.41) is 2.92. The van der Waals surface area contributed by atoms with E-state index < -0.39 is 0 Å². The predicted octanol–water partition coefficient (Wildman–Crippen LogP) is 1.65. The van der Waals surface area contributed by atoms with Gasteiger partial charge in [-0.3, -0.25) is 9.59 Å². The van der Waals surface area contributed by atoms with Crippen molar-refractivity contribution >= 4 is 5.91 Å². The lowest BCUT2D eigenvalue weighted by atomic mass is 10.1. The van der Waals surface area contributed by atoms with E-state index >= 15 is 0 Å². The van der Waals surface area contributed by atoms with Crippen LogP contribution in [0.1, 0.15) is 28.9 Å². The molecule has 120 valence electrons. The Morgan fingerprint density at radius 2 is 1.91 bits per heavy atom. The molecule has 23 heavy (non-hydrogen) atoms. The Hall–Kier alpha value is -2.76. The van der Waals surface area contributed by atoms with Crippen molar-refractivity contribution in [2.75, 3.05) is 13.2 Å². The molecule has 1 aromatic heterocycles. The van der Waals surface area contributed by atoms with Crippen molar-refractivity contribution in [2.24, 2.45) is 7.05 Å². The first kappa shape index (κ1) is 15.1. The Morgan fingerprint density at radius 1 is 1.17 bits per heavy atom. The van der Waals surface area contributed by atoms with Crippen molar-refractivity contribution in [1.29, 1.82) is 0 Å². The Bertz CT molecular complexity index is 797. The van der Waals surface area contributed by atoms with Crippen LogP contribution in [0.2, 0.25) is 0 Å². The summed E-state index contributed by atoms with van der Waals surface area (Å²) in [6.45, 7) is 2.96. The number of ether oxygens (including phenoxy) is 2. The molecule has 1 atom stereocenters. The molecule has 2 aromatic rings. The summed E-state index contributed by atoms with van der Waals surface area (Å²) in [6, 6.07) is 8.33. The standard InChI is InChI=1S/C17H18N2O4/c1-11(12-3-5-14-15(9-12)23-8-7-22-14)18-17(21)13-4-6-16(20)19(2)10-13/h3-6,9-11H,7-8H2,1-2H3,(H,18,21)/t11-/m1/s1. The average Bonchev–Trinajstić information content (AvgIpc) is 2.56. The van der Waals surface area contributed by atoms with Gasteiger partial charge in [0.05, 0.1) is 11.6 Å². The highest BCUT2D eigenvalue weighted by molar-refractivity contribution is 5.94. The van der Waals surface area contributed by atoms with Gasteiger partial charge in [-0.1, -0.05) is 6.07 Å². The maximum atomic E-state index is 12.3. The topological polar surface area (TPSA) is 69.6 Å². The second kappa shape index (κ2) is 6.16. The maximum absolute atomic E-state index is 12.3. The fraction of sp³-hybridized carbons (Fsp3) is 0.294. The zero-order valence-corrected chi connectivity index (χ0v) is 13.0. The van der Waals surface area contributed by atoms with Crippen molar-refractivity contribution in [3.63, 3.8) is 0 Å². The highest BCUT2D eigenvalue weighted by Crippen LogP contribution is 2.32. The quantitative estimate of drug-likeness (QED) is 0.935. The minimum Gasteiger partial charge on any atom is -0.486 e. The third kappa shape index (κ3) is 3.21. The van der Waals surface area contributed by atoms with Crippen LogP contribution in [0.25, 0.3) is 0 Å². The van der Waals surface area contributed by atoms with Crippen LogP contribution in [0.5, 0.6) is 11.5 Å². The summed E-state index contributed by atoms with van der Waals surface area (Å²) in [5.74, 6) is 1.18. The van der Waals surface area contributed by atoms with Gasteiger partial charge in [-0.15, -0.1) is 0 Å². The second-order valence-corrected chi connectivity index (χ2v) is 5.47. The van der Waals surface area contributed by atoms with E-state index in [1.54, 1.807) is 7.05 Å². The highest BCUT2D eigenvalue weighted by atomic mass is 16.6. The summed E-state index contributed by atoms with van der Waals surface area (Å²) in [4.78, 5) is 23.7. The normalized spacial score (nSPS) is 14.2. The predicted molar refractivity (Wildman–Crippen MR) is 85.0 cm³/mol. The average molecular weight is 314 g/mol. The van der Waals surface area contributed by atoms with E-state index in [1.165, 1.54) is 22.9 Å². The molecular weight excluding hydrogens is 296 g/mol. The van der Waals surface area contributed by atoms with Crippen LogP contribution < -0.4 is 20.3 Å². The lowest BCUT2D eigenvalue weighted by molar-refractivity contribution is 0.0939. The number of fused-ring (bicyclic) bond motifs is 1. The molecule has 0 saturated heterocycles. The third-order valence-electron chi connectivity index (χ3n) is 3.76. The van der Waals surface area contributed by atoms with Gasteiger partial charge < -0.3 is 19.4 Å². The van der Waals surface area contributed by atoms with Gasteiger partial charge in [0.25, 0.3) is 5.91 Å². The van der Waals surface area contributed by atoms with Crippen LogP contribution in [0.3, 0.4) is 0 Å². The molecule has 6 nitrogen and oxygen atoms in total. The van der Waals surface area contributed by atoms with Crippen molar-refractivity contribution in [2.45, 2.75) is 13.0 Å². The summed E-state index contributed by atoms with van der Waals surface area (Å²) < 4.78 is 12.4. The highest BCUT2D eigenvalue weighted by Gasteiger charge is 2.16. The molecule has 1 aliphatic heterocycles. The van der Waals surface area contributed by atoms with Gasteiger partial charge in [-0.25, -0.2) is 0 Å². The number of carbonyl (C=O) groups is 1. The van der Waals surface area contributed by atoms with Gasteiger partial charge in [0, 0.05) is 19.3 Å². The van der Waals surface area contributed by atoms with Gasteiger partial charge in [-0.05, 0) is 30.7 Å². The minimum atomic E-state index is -0.233. The molecule has 0 bridgehead atoms. The van der Waals surface area contributed by atoms with Crippen LogP contribution in [-0.2, 0) is 7.05 Å². The Kier molecular flexibility index (Phi) is 4.06. The number of nitrogens with one attached hydrogen (secondary N) is 1. The van der Waals surface area contributed by atoms with Crippen molar-refractivity contribution in [1.82, 2.24) is 9.88 Å². The van der Waals surface area contributed by atoms with Crippen LogP contribution in [0.4, 0.5) is 0 Å². The van der Waals surface area contributed by atoms with Gasteiger partial charge in [-0.2, -0.15) is 0 Å². The number of benzene rings is 1. The van der Waals surface area contributed by atoms with E-state index in [9.17, 15) is 9.59 Å². The number of rotatable bonds is 3. The van der Waals surface area contributed by atoms with Gasteiger partial charge >= 0.3 is 0 Å².